The summed E-state index contributed by atoms with van der Waals surface area (Å²) in [7, 11) is 0. The highest BCUT2D eigenvalue weighted by atomic mass is 32.2. The van der Waals surface area contributed by atoms with Gasteiger partial charge in [0.2, 0.25) is 5.78 Å². The Morgan fingerprint density at radius 1 is 1.08 bits per heavy atom. The van der Waals surface area contributed by atoms with Crippen LogP contribution in [0.15, 0.2) is 69.9 Å². The van der Waals surface area contributed by atoms with Crippen molar-refractivity contribution in [2.75, 3.05) is 0 Å². The maximum atomic E-state index is 12.7. The Labute approximate surface area is 148 Å². The quantitative estimate of drug-likeness (QED) is 0.335. The first-order valence-electron chi connectivity index (χ1n) is 7.58. The number of hydrogen-bond acceptors (Lipinski definition) is 6. The third kappa shape index (κ3) is 4.39. The molecule has 128 valence electrons. The Bertz CT molecular complexity index is 825. The summed E-state index contributed by atoms with van der Waals surface area (Å²) in [6, 6.07) is 13.2. The Hall–Kier alpha value is -2.80. The van der Waals surface area contributed by atoms with Crippen LogP contribution >= 0.6 is 11.8 Å². The Balaban J connectivity index is 1.75. The molecule has 1 atom stereocenters. The molecule has 0 aliphatic carbocycles. The van der Waals surface area contributed by atoms with Gasteiger partial charge in [-0.25, -0.2) is 0 Å². The second kappa shape index (κ2) is 7.85. The third-order valence-corrected chi connectivity index (χ3v) is 4.87. The number of benzene rings is 1. The second-order valence-electron chi connectivity index (χ2n) is 5.35. The number of rotatable bonds is 8. The zero-order chi connectivity index (χ0) is 17.6. The van der Waals surface area contributed by atoms with Crippen LogP contribution in [0.3, 0.4) is 0 Å². The largest absolute Gasteiger partial charge is 0.468 e. The van der Waals surface area contributed by atoms with Crippen LogP contribution in [0.4, 0.5) is 5.69 Å². The van der Waals surface area contributed by atoms with E-state index >= 15 is 0 Å². The summed E-state index contributed by atoms with van der Waals surface area (Å²) in [6.07, 6.45) is 3.51. The normalized spacial score (nSPS) is 12.0. The minimum absolute atomic E-state index is 0.0286. The van der Waals surface area contributed by atoms with Gasteiger partial charge in [0.1, 0.15) is 5.76 Å². The minimum Gasteiger partial charge on any atom is -0.468 e. The molecule has 0 spiro atoms. The molecule has 0 radical (unpaired) electrons. The van der Waals surface area contributed by atoms with E-state index in [1.54, 1.807) is 36.6 Å². The van der Waals surface area contributed by atoms with E-state index in [0.29, 0.717) is 17.9 Å². The van der Waals surface area contributed by atoms with E-state index in [1.165, 1.54) is 30.2 Å². The lowest BCUT2D eigenvalue weighted by atomic mass is 10.1. The molecule has 0 aliphatic rings. The van der Waals surface area contributed by atoms with Gasteiger partial charge in [-0.15, -0.1) is 11.8 Å². The number of hydrogen-bond donors (Lipinski definition) is 0. The molecule has 0 fully saturated rings. The number of non-ortho nitro benzene ring substituents is 1. The molecule has 3 rings (SSSR count). The molecule has 0 aliphatic heterocycles. The fourth-order valence-electron chi connectivity index (χ4n) is 2.35. The highest BCUT2D eigenvalue weighted by molar-refractivity contribution is 7.99. The smallest absolute Gasteiger partial charge is 0.269 e. The zero-order valence-electron chi connectivity index (χ0n) is 13.2. The molecular formula is C18H15NO5S. The topological polar surface area (TPSA) is 86.5 Å². The summed E-state index contributed by atoms with van der Waals surface area (Å²) in [5.41, 5.74) is 0.878. The van der Waals surface area contributed by atoms with E-state index < -0.39 is 4.92 Å². The number of nitro benzene ring substituents is 1. The molecule has 0 bridgehead atoms. The Kier molecular flexibility index (Phi) is 5.35. The molecule has 7 heteroatoms. The number of carbonyl (C=O) groups is 1. The molecule has 1 aromatic carbocycles. The first-order chi connectivity index (χ1) is 12.1. The van der Waals surface area contributed by atoms with Crippen LogP contribution < -0.4 is 0 Å². The van der Waals surface area contributed by atoms with Gasteiger partial charge in [-0.2, -0.15) is 0 Å². The van der Waals surface area contributed by atoms with Gasteiger partial charge in [0.05, 0.1) is 28.5 Å². The minimum atomic E-state index is -0.444. The number of carbonyl (C=O) groups excluding carboxylic acids is 1. The molecule has 3 aromatic rings. The molecule has 2 aromatic heterocycles. The van der Waals surface area contributed by atoms with E-state index in [-0.39, 0.29) is 16.7 Å². The van der Waals surface area contributed by atoms with Crippen molar-refractivity contribution in [2.45, 2.75) is 17.4 Å². The van der Waals surface area contributed by atoms with Crippen molar-refractivity contribution in [3.8, 4) is 0 Å². The van der Waals surface area contributed by atoms with Crippen LogP contribution in [-0.4, -0.2) is 16.0 Å². The van der Waals surface area contributed by atoms with Crippen LogP contribution in [0.25, 0.3) is 0 Å². The van der Waals surface area contributed by atoms with Crippen LogP contribution in [0, 0.1) is 10.1 Å². The fourth-order valence-corrected chi connectivity index (χ4v) is 3.46. The average Bonchev–Trinajstić information content (AvgIpc) is 3.31. The molecular weight excluding hydrogens is 342 g/mol. The van der Waals surface area contributed by atoms with Crippen molar-refractivity contribution in [1.29, 1.82) is 0 Å². The maximum Gasteiger partial charge on any atom is 0.269 e. The first kappa shape index (κ1) is 17.0. The lowest BCUT2D eigenvalue weighted by Gasteiger charge is -2.14. The standard InChI is InChI=1S/C18H15NO5S/c20-18(16-4-2-10-24-16)17(25-12-15-3-1-9-23-15)11-13-5-7-14(8-6-13)19(21)22/h1-10,17H,11-12H2/t17-/m0/s1. The van der Waals surface area contributed by atoms with Crippen molar-refractivity contribution in [1.82, 2.24) is 0 Å². The Morgan fingerprint density at radius 2 is 1.80 bits per heavy atom. The van der Waals surface area contributed by atoms with E-state index in [0.717, 1.165) is 11.3 Å². The number of ketones is 1. The van der Waals surface area contributed by atoms with Gasteiger partial charge in [0.25, 0.3) is 5.69 Å². The first-order valence-corrected chi connectivity index (χ1v) is 8.63. The van der Waals surface area contributed by atoms with Crippen LogP contribution in [-0.2, 0) is 12.2 Å². The van der Waals surface area contributed by atoms with Crippen molar-refractivity contribution in [3.05, 3.63) is 88.3 Å². The molecule has 0 saturated heterocycles. The van der Waals surface area contributed by atoms with Crippen LogP contribution in [0.2, 0.25) is 0 Å². The zero-order valence-corrected chi connectivity index (χ0v) is 14.0. The number of nitrogens with zero attached hydrogens (tertiary/aromatic N) is 1. The van der Waals surface area contributed by atoms with Crippen molar-refractivity contribution in [3.63, 3.8) is 0 Å². The number of furan rings is 2. The maximum absolute atomic E-state index is 12.7. The van der Waals surface area contributed by atoms with E-state index in [1.807, 2.05) is 6.07 Å². The number of thioether (sulfide) groups is 1. The number of nitro groups is 1. The summed E-state index contributed by atoms with van der Waals surface area (Å²) >= 11 is 1.45. The second-order valence-corrected chi connectivity index (χ2v) is 6.54. The SMILES string of the molecule is O=C(c1ccco1)[C@H](Cc1ccc([N+](=O)[O-])cc1)SCc1ccco1. The predicted octanol–water partition coefficient (Wildman–Crippen LogP) is 4.51. The van der Waals surface area contributed by atoms with Crippen molar-refractivity contribution in [2.24, 2.45) is 0 Å². The molecule has 0 unspecified atom stereocenters. The van der Waals surface area contributed by atoms with E-state index in [2.05, 4.69) is 0 Å². The van der Waals surface area contributed by atoms with Crippen molar-refractivity contribution >= 4 is 23.2 Å². The molecule has 0 saturated carbocycles. The van der Waals surface area contributed by atoms with Crippen LogP contribution in [0.5, 0.6) is 0 Å². The predicted molar refractivity (Wildman–Crippen MR) is 93.6 cm³/mol. The van der Waals surface area contributed by atoms with Gasteiger partial charge in [0, 0.05) is 12.1 Å². The summed E-state index contributed by atoms with van der Waals surface area (Å²) in [6.45, 7) is 0. The lowest BCUT2D eigenvalue weighted by Crippen LogP contribution is -2.20. The molecule has 25 heavy (non-hydrogen) atoms. The Morgan fingerprint density at radius 3 is 2.40 bits per heavy atom. The van der Waals surface area contributed by atoms with Gasteiger partial charge >= 0.3 is 0 Å². The highest BCUT2D eigenvalue weighted by Crippen LogP contribution is 2.26. The van der Waals surface area contributed by atoms with Crippen molar-refractivity contribution < 1.29 is 18.6 Å². The summed E-state index contributed by atoms with van der Waals surface area (Å²) in [4.78, 5) is 23.0. The summed E-state index contributed by atoms with van der Waals surface area (Å²) in [5, 5.41) is 10.4. The van der Waals surface area contributed by atoms with Gasteiger partial charge in [-0.05, 0) is 36.2 Å². The van der Waals surface area contributed by atoms with E-state index in [9.17, 15) is 14.9 Å². The lowest BCUT2D eigenvalue weighted by molar-refractivity contribution is -0.384. The van der Waals surface area contributed by atoms with Gasteiger partial charge < -0.3 is 8.83 Å². The number of Topliss-reactive ketones (excluding diaryl/α,β-unsaturated/α-hetero) is 1. The highest BCUT2D eigenvalue weighted by Gasteiger charge is 2.24. The van der Waals surface area contributed by atoms with Gasteiger partial charge in [-0.1, -0.05) is 12.1 Å². The van der Waals surface area contributed by atoms with Gasteiger partial charge in [0.15, 0.2) is 5.76 Å². The fraction of sp³-hybridized carbons (Fsp3) is 0.167. The summed E-state index contributed by atoms with van der Waals surface area (Å²) in [5.74, 6) is 1.53. The molecule has 6 nitrogen and oxygen atoms in total. The average molecular weight is 357 g/mol. The van der Waals surface area contributed by atoms with Gasteiger partial charge in [-0.3, -0.25) is 14.9 Å². The third-order valence-electron chi connectivity index (χ3n) is 3.63. The molecule has 0 N–H and O–H groups in total. The molecule has 0 amide bonds. The monoisotopic (exact) mass is 357 g/mol. The summed E-state index contributed by atoms with van der Waals surface area (Å²) < 4.78 is 10.5. The van der Waals surface area contributed by atoms with E-state index in [4.69, 9.17) is 8.83 Å². The molecule has 2 heterocycles. The van der Waals surface area contributed by atoms with Crippen LogP contribution in [0.1, 0.15) is 21.9 Å².